The Kier molecular flexibility index (Phi) is 6.39. The highest BCUT2D eigenvalue weighted by molar-refractivity contribution is 6.39. The molecule has 0 radical (unpaired) electrons. The molecule has 2 rings (SSSR count). The van der Waals surface area contributed by atoms with Crippen LogP contribution in [-0.2, 0) is 16.0 Å². The lowest BCUT2D eigenvalue weighted by Gasteiger charge is -2.13. The molecule has 0 saturated heterocycles. The Morgan fingerprint density at radius 2 is 1.60 bits per heavy atom. The Labute approximate surface area is 147 Å². The third-order valence-corrected chi connectivity index (χ3v) is 3.73. The third-order valence-electron chi connectivity index (χ3n) is 3.73. The number of hydrogen-bond donors (Lipinski definition) is 2. The molecule has 0 heterocycles. The van der Waals surface area contributed by atoms with Gasteiger partial charge in [0.25, 0.3) is 0 Å². The predicted octanol–water partition coefficient (Wildman–Crippen LogP) is 2.31. The van der Waals surface area contributed by atoms with Gasteiger partial charge in [0.05, 0.1) is 14.2 Å². The summed E-state index contributed by atoms with van der Waals surface area (Å²) in [7, 11) is 3.05. The van der Waals surface area contributed by atoms with Crippen molar-refractivity contribution in [2.75, 3.05) is 26.1 Å². The molecule has 0 aromatic heterocycles. The fourth-order valence-corrected chi connectivity index (χ4v) is 2.34. The van der Waals surface area contributed by atoms with Crippen molar-refractivity contribution in [2.24, 2.45) is 0 Å². The molecule has 6 heteroatoms. The molecular weight excluding hydrogens is 320 g/mol. The molecule has 0 aliphatic rings. The zero-order valence-electron chi connectivity index (χ0n) is 14.6. The molecule has 2 aromatic carbocycles. The normalized spacial score (nSPS) is 10.0. The van der Waals surface area contributed by atoms with Crippen LogP contribution in [0.25, 0.3) is 0 Å². The van der Waals surface area contributed by atoms with Gasteiger partial charge in [0.2, 0.25) is 0 Å². The van der Waals surface area contributed by atoms with Gasteiger partial charge in [-0.15, -0.1) is 0 Å². The molecule has 0 bridgehead atoms. The fraction of sp³-hybridized carbons (Fsp3) is 0.263. The van der Waals surface area contributed by atoms with Crippen molar-refractivity contribution in [1.82, 2.24) is 5.32 Å². The van der Waals surface area contributed by atoms with Crippen LogP contribution in [0.3, 0.4) is 0 Å². The lowest BCUT2D eigenvalue weighted by molar-refractivity contribution is -0.136. The van der Waals surface area contributed by atoms with Crippen molar-refractivity contribution >= 4 is 17.5 Å². The molecule has 0 fully saturated rings. The molecule has 2 aromatic rings. The van der Waals surface area contributed by atoms with E-state index in [1.54, 1.807) is 12.1 Å². The van der Waals surface area contributed by atoms with E-state index in [1.807, 2.05) is 37.3 Å². The maximum atomic E-state index is 12.1. The lowest BCUT2D eigenvalue weighted by Crippen LogP contribution is -2.36. The zero-order valence-corrected chi connectivity index (χ0v) is 14.6. The Morgan fingerprint density at radius 1 is 0.960 bits per heavy atom. The van der Waals surface area contributed by atoms with Gasteiger partial charge in [-0.2, -0.15) is 0 Å². The zero-order chi connectivity index (χ0) is 18.2. The molecular formula is C19H22N2O4. The van der Waals surface area contributed by atoms with Crippen LogP contribution in [0.2, 0.25) is 0 Å². The number of anilines is 1. The summed E-state index contributed by atoms with van der Waals surface area (Å²) in [6, 6.07) is 13.1. The minimum absolute atomic E-state index is 0.390. The smallest absolute Gasteiger partial charge is 0.313 e. The number of methoxy groups -OCH3 is 2. The molecule has 2 N–H and O–H groups in total. The highest BCUT2D eigenvalue weighted by Crippen LogP contribution is 2.32. The first-order valence-electron chi connectivity index (χ1n) is 7.91. The number of amides is 2. The second kappa shape index (κ2) is 8.73. The minimum Gasteiger partial charge on any atom is -0.493 e. The van der Waals surface area contributed by atoms with Gasteiger partial charge in [0.1, 0.15) is 0 Å². The van der Waals surface area contributed by atoms with Crippen LogP contribution in [-0.4, -0.2) is 32.6 Å². The molecule has 6 nitrogen and oxygen atoms in total. The number of nitrogens with one attached hydrogen (secondary N) is 2. The summed E-state index contributed by atoms with van der Waals surface area (Å²) in [5.74, 6) is -0.355. The van der Waals surface area contributed by atoms with Crippen LogP contribution < -0.4 is 20.1 Å². The summed E-state index contributed by atoms with van der Waals surface area (Å²) in [6.07, 6.45) is 0.662. The van der Waals surface area contributed by atoms with Crippen LogP contribution in [0.15, 0.2) is 42.5 Å². The number of aryl methyl sites for hydroxylation is 1. The number of rotatable bonds is 6. The van der Waals surface area contributed by atoms with Gasteiger partial charge in [-0.1, -0.05) is 30.3 Å². The molecule has 132 valence electrons. The third kappa shape index (κ3) is 4.97. The number of carbonyl (C=O) groups excluding carboxylic acids is 2. The van der Waals surface area contributed by atoms with Crippen molar-refractivity contribution in [1.29, 1.82) is 0 Å². The highest BCUT2D eigenvalue weighted by Gasteiger charge is 2.16. The van der Waals surface area contributed by atoms with E-state index in [2.05, 4.69) is 10.6 Å². The van der Waals surface area contributed by atoms with E-state index in [4.69, 9.17) is 9.47 Å². The number of ether oxygens (including phenoxy) is 2. The van der Waals surface area contributed by atoms with Crippen molar-refractivity contribution in [3.05, 3.63) is 53.6 Å². The van der Waals surface area contributed by atoms with E-state index in [1.165, 1.54) is 14.2 Å². The van der Waals surface area contributed by atoms with Crippen molar-refractivity contribution in [2.45, 2.75) is 13.3 Å². The maximum absolute atomic E-state index is 12.1. The standard InChI is InChI=1S/C19H22N2O4/c1-13-11-16(24-2)17(25-3)12-15(13)21-19(23)18(22)20-10-9-14-7-5-4-6-8-14/h4-8,11-12H,9-10H2,1-3H3,(H,20,22)(H,21,23). The molecule has 0 unspecified atom stereocenters. The first-order chi connectivity index (χ1) is 12.0. The van der Waals surface area contributed by atoms with Crippen LogP contribution in [0, 0.1) is 6.92 Å². The summed E-state index contributed by atoms with van der Waals surface area (Å²) in [5.41, 5.74) is 2.36. The topological polar surface area (TPSA) is 76.7 Å². The first-order valence-corrected chi connectivity index (χ1v) is 7.91. The van der Waals surface area contributed by atoms with Crippen LogP contribution in [0.1, 0.15) is 11.1 Å². The van der Waals surface area contributed by atoms with Crippen LogP contribution >= 0.6 is 0 Å². The fourth-order valence-electron chi connectivity index (χ4n) is 2.34. The summed E-state index contributed by atoms with van der Waals surface area (Å²) in [4.78, 5) is 24.0. The van der Waals surface area contributed by atoms with Crippen LogP contribution in [0.5, 0.6) is 11.5 Å². The summed E-state index contributed by atoms with van der Waals surface area (Å²) >= 11 is 0. The SMILES string of the molecule is COc1cc(C)c(NC(=O)C(=O)NCCc2ccccc2)cc1OC. The Morgan fingerprint density at radius 3 is 2.24 bits per heavy atom. The van der Waals surface area contributed by atoms with E-state index < -0.39 is 11.8 Å². The second-order valence-electron chi connectivity index (χ2n) is 5.47. The van der Waals surface area contributed by atoms with Gasteiger partial charge in [-0.25, -0.2) is 0 Å². The summed E-state index contributed by atoms with van der Waals surface area (Å²) < 4.78 is 10.4. The van der Waals surface area contributed by atoms with Crippen LogP contribution in [0.4, 0.5) is 5.69 Å². The van der Waals surface area contributed by atoms with E-state index in [0.717, 1.165) is 11.1 Å². The maximum Gasteiger partial charge on any atom is 0.313 e. The van der Waals surface area contributed by atoms with Gasteiger partial charge in [0, 0.05) is 18.3 Å². The molecule has 0 saturated carbocycles. The quantitative estimate of drug-likeness (QED) is 0.790. The molecule has 2 amide bonds. The van der Waals surface area contributed by atoms with Crippen molar-refractivity contribution < 1.29 is 19.1 Å². The van der Waals surface area contributed by atoms with Gasteiger partial charge in [-0.3, -0.25) is 9.59 Å². The largest absolute Gasteiger partial charge is 0.493 e. The first kappa shape index (κ1) is 18.3. The van der Waals surface area contributed by atoms with E-state index in [9.17, 15) is 9.59 Å². The highest BCUT2D eigenvalue weighted by atomic mass is 16.5. The van der Waals surface area contributed by atoms with Crippen molar-refractivity contribution in [3.8, 4) is 11.5 Å². The predicted molar refractivity (Wildman–Crippen MR) is 96.1 cm³/mol. The van der Waals surface area contributed by atoms with Crippen molar-refractivity contribution in [3.63, 3.8) is 0 Å². The van der Waals surface area contributed by atoms with E-state index >= 15 is 0 Å². The van der Waals surface area contributed by atoms with Gasteiger partial charge >= 0.3 is 11.8 Å². The Hall–Kier alpha value is -3.02. The summed E-state index contributed by atoms with van der Waals surface area (Å²) in [6.45, 7) is 2.20. The number of benzene rings is 2. The van der Waals surface area contributed by atoms with Gasteiger partial charge < -0.3 is 20.1 Å². The summed E-state index contributed by atoms with van der Waals surface area (Å²) in [5, 5.41) is 5.21. The molecule has 0 aliphatic heterocycles. The molecule has 25 heavy (non-hydrogen) atoms. The van der Waals surface area contributed by atoms with E-state index in [0.29, 0.717) is 30.2 Å². The van der Waals surface area contributed by atoms with Gasteiger partial charge in [0.15, 0.2) is 11.5 Å². The second-order valence-corrected chi connectivity index (χ2v) is 5.47. The molecule has 0 aliphatic carbocycles. The van der Waals surface area contributed by atoms with Gasteiger partial charge in [-0.05, 0) is 30.5 Å². The average Bonchev–Trinajstić information content (AvgIpc) is 2.63. The number of hydrogen-bond acceptors (Lipinski definition) is 4. The Bertz CT molecular complexity index is 745. The molecule has 0 atom stereocenters. The average molecular weight is 342 g/mol. The number of carbonyl (C=O) groups is 2. The Balaban J connectivity index is 1.93. The monoisotopic (exact) mass is 342 g/mol. The molecule has 0 spiro atoms. The minimum atomic E-state index is -0.719. The van der Waals surface area contributed by atoms with E-state index in [-0.39, 0.29) is 0 Å². The lowest BCUT2D eigenvalue weighted by atomic mass is 10.1.